The van der Waals surface area contributed by atoms with Crippen LogP contribution < -0.4 is 10.4 Å². The Morgan fingerprint density at radius 2 is 1.63 bits per heavy atom. The summed E-state index contributed by atoms with van der Waals surface area (Å²) < 4.78 is 0. The first-order valence-corrected chi connectivity index (χ1v) is 5.88. The molecule has 1 N–H and O–H groups in total. The second-order valence-electron chi connectivity index (χ2n) is 3.88. The number of anilines is 2. The lowest BCUT2D eigenvalue weighted by Crippen LogP contribution is -2.35. The average Bonchev–Trinajstić information content (AvgIpc) is 2.47. The second-order valence-corrected chi connectivity index (χ2v) is 3.88. The number of nitriles is 1. The Labute approximate surface area is 111 Å². The number of carbonyl (C=O) groups excluding carboxylic acids is 1. The number of hydrogen-bond donors (Lipinski definition) is 1. The van der Waals surface area contributed by atoms with E-state index >= 15 is 0 Å². The van der Waals surface area contributed by atoms with Crippen LogP contribution in [0.5, 0.6) is 0 Å². The molecule has 0 heterocycles. The Morgan fingerprint density at radius 3 is 2.21 bits per heavy atom. The van der Waals surface area contributed by atoms with Gasteiger partial charge in [-0.05, 0) is 24.3 Å². The van der Waals surface area contributed by atoms with Gasteiger partial charge in [-0.25, -0.2) is 5.01 Å². The summed E-state index contributed by atoms with van der Waals surface area (Å²) >= 11 is 0. The van der Waals surface area contributed by atoms with Gasteiger partial charge in [0.15, 0.2) is 0 Å². The van der Waals surface area contributed by atoms with Crippen molar-refractivity contribution in [3.05, 3.63) is 60.7 Å². The van der Waals surface area contributed by atoms with Gasteiger partial charge in [0.25, 0.3) is 5.91 Å². The molecule has 2 rings (SSSR count). The highest BCUT2D eigenvalue weighted by Gasteiger charge is 2.15. The first-order valence-electron chi connectivity index (χ1n) is 5.88. The predicted octanol–water partition coefficient (Wildman–Crippen LogP) is 2.96. The third kappa shape index (κ3) is 3.33. The standard InChI is InChI=1S/C15H13N3O/c16-12-11-15(19)18(14-9-5-2-6-10-14)17-13-7-3-1-4-8-13/h1-10,17H,11H2. The first kappa shape index (κ1) is 12.7. The van der Waals surface area contributed by atoms with E-state index in [0.29, 0.717) is 5.69 Å². The molecule has 0 aliphatic heterocycles. The minimum atomic E-state index is -0.294. The lowest BCUT2D eigenvalue weighted by atomic mass is 10.3. The van der Waals surface area contributed by atoms with E-state index in [1.807, 2.05) is 66.7 Å². The third-order valence-corrected chi connectivity index (χ3v) is 2.51. The van der Waals surface area contributed by atoms with E-state index in [2.05, 4.69) is 5.43 Å². The SMILES string of the molecule is N#CCC(=O)N(Nc1ccccc1)c1ccccc1. The van der Waals surface area contributed by atoms with Gasteiger partial charge in [-0.15, -0.1) is 0 Å². The molecule has 4 nitrogen and oxygen atoms in total. The topological polar surface area (TPSA) is 56.1 Å². The second kappa shape index (κ2) is 6.22. The summed E-state index contributed by atoms with van der Waals surface area (Å²) in [5.41, 5.74) is 4.50. The van der Waals surface area contributed by atoms with Crippen LogP contribution in [0.4, 0.5) is 11.4 Å². The molecular weight excluding hydrogens is 238 g/mol. The fourth-order valence-electron chi connectivity index (χ4n) is 1.64. The van der Waals surface area contributed by atoms with Gasteiger partial charge in [-0.1, -0.05) is 36.4 Å². The number of nitrogens with zero attached hydrogens (tertiary/aromatic N) is 2. The van der Waals surface area contributed by atoms with E-state index in [-0.39, 0.29) is 12.3 Å². The molecule has 0 fully saturated rings. The largest absolute Gasteiger partial charge is 0.291 e. The van der Waals surface area contributed by atoms with Crippen LogP contribution in [0, 0.1) is 11.3 Å². The Kier molecular flexibility index (Phi) is 4.14. The zero-order valence-electron chi connectivity index (χ0n) is 10.3. The normalized spacial score (nSPS) is 9.42. The van der Waals surface area contributed by atoms with E-state index in [9.17, 15) is 4.79 Å². The summed E-state index contributed by atoms with van der Waals surface area (Å²) in [6.07, 6.45) is -0.172. The summed E-state index contributed by atoms with van der Waals surface area (Å²) in [5, 5.41) is 10.1. The summed E-state index contributed by atoms with van der Waals surface area (Å²) in [4.78, 5) is 12.0. The summed E-state index contributed by atoms with van der Waals surface area (Å²) in [6, 6.07) is 20.4. The van der Waals surface area contributed by atoms with Crippen molar-refractivity contribution in [2.24, 2.45) is 0 Å². The number of carbonyl (C=O) groups is 1. The van der Waals surface area contributed by atoms with Crippen LogP contribution >= 0.6 is 0 Å². The van der Waals surface area contributed by atoms with Crippen molar-refractivity contribution in [1.82, 2.24) is 0 Å². The van der Waals surface area contributed by atoms with Gasteiger partial charge in [-0.3, -0.25) is 10.2 Å². The van der Waals surface area contributed by atoms with Gasteiger partial charge in [-0.2, -0.15) is 5.26 Å². The van der Waals surface area contributed by atoms with Gasteiger partial charge < -0.3 is 0 Å². The van der Waals surface area contributed by atoms with Crippen LogP contribution in [-0.4, -0.2) is 5.91 Å². The maximum Gasteiger partial charge on any atom is 0.259 e. The molecule has 19 heavy (non-hydrogen) atoms. The number of para-hydroxylation sites is 2. The van der Waals surface area contributed by atoms with Crippen LogP contribution in [0.3, 0.4) is 0 Å². The maximum atomic E-state index is 12.0. The van der Waals surface area contributed by atoms with E-state index < -0.39 is 0 Å². The van der Waals surface area contributed by atoms with Crippen molar-refractivity contribution in [2.45, 2.75) is 6.42 Å². The highest BCUT2D eigenvalue weighted by Crippen LogP contribution is 2.16. The molecule has 0 saturated heterocycles. The molecular formula is C15H13N3O. The molecule has 2 aromatic rings. The lowest BCUT2D eigenvalue weighted by molar-refractivity contribution is -0.117. The van der Waals surface area contributed by atoms with Gasteiger partial charge >= 0.3 is 0 Å². The zero-order chi connectivity index (χ0) is 13.5. The lowest BCUT2D eigenvalue weighted by Gasteiger charge is -2.23. The summed E-state index contributed by atoms with van der Waals surface area (Å²) in [5.74, 6) is -0.294. The van der Waals surface area contributed by atoms with Crippen LogP contribution in [0.25, 0.3) is 0 Å². The maximum absolute atomic E-state index is 12.0. The van der Waals surface area contributed by atoms with E-state index in [4.69, 9.17) is 5.26 Å². The third-order valence-electron chi connectivity index (χ3n) is 2.51. The number of hydrogen-bond acceptors (Lipinski definition) is 3. The molecule has 0 aromatic heterocycles. The van der Waals surface area contributed by atoms with Gasteiger partial charge in [0.2, 0.25) is 0 Å². The van der Waals surface area contributed by atoms with E-state index in [1.54, 1.807) is 0 Å². The minimum Gasteiger partial charge on any atom is -0.291 e. The molecule has 2 aromatic carbocycles. The molecule has 0 bridgehead atoms. The highest BCUT2D eigenvalue weighted by atomic mass is 16.2. The molecule has 0 atom stereocenters. The zero-order valence-corrected chi connectivity index (χ0v) is 10.3. The van der Waals surface area contributed by atoms with Crippen molar-refractivity contribution < 1.29 is 4.79 Å². The summed E-state index contributed by atoms with van der Waals surface area (Å²) in [6.45, 7) is 0. The van der Waals surface area contributed by atoms with Gasteiger partial charge in [0.1, 0.15) is 6.42 Å². The smallest absolute Gasteiger partial charge is 0.259 e. The summed E-state index contributed by atoms with van der Waals surface area (Å²) in [7, 11) is 0. The molecule has 4 heteroatoms. The van der Waals surface area contributed by atoms with Crippen molar-refractivity contribution in [2.75, 3.05) is 10.4 Å². The number of hydrazine groups is 1. The molecule has 94 valence electrons. The van der Waals surface area contributed by atoms with Gasteiger partial charge in [0.05, 0.1) is 17.4 Å². The highest BCUT2D eigenvalue weighted by molar-refractivity contribution is 5.96. The molecule has 0 spiro atoms. The first-order chi connectivity index (χ1) is 9.31. The van der Waals surface area contributed by atoms with E-state index in [0.717, 1.165) is 5.69 Å². The van der Waals surface area contributed by atoms with Crippen molar-refractivity contribution >= 4 is 17.3 Å². The Morgan fingerprint density at radius 1 is 1.05 bits per heavy atom. The number of nitrogens with one attached hydrogen (secondary N) is 1. The Balaban J connectivity index is 2.25. The van der Waals surface area contributed by atoms with Crippen molar-refractivity contribution in [3.63, 3.8) is 0 Å². The van der Waals surface area contributed by atoms with Crippen LogP contribution in [-0.2, 0) is 4.79 Å². The fraction of sp³-hybridized carbons (Fsp3) is 0.0667. The molecule has 0 radical (unpaired) electrons. The number of rotatable bonds is 4. The Bertz CT molecular complexity index is 575. The fourth-order valence-corrected chi connectivity index (χ4v) is 1.64. The van der Waals surface area contributed by atoms with Crippen LogP contribution in [0.15, 0.2) is 60.7 Å². The van der Waals surface area contributed by atoms with Crippen LogP contribution in [0.1, 0.15) is 6.42 Å². The van der Waals surface area contributed by atoms with Gasteiger partial charge in [0, 0.05) is 0 Å². The molecule has 0 aliphatic rings. The quantitative estimate of drug-likeness (QED) is 0.850. The number of amides is 1. The predicted molar refractivity (Wildman–Crippen MR) is 74.2 cm³/mol. The number of benzene rings is 2. The monoisotopic (exact) mass is 251 g/mol. The molecule has 0 unspecified atom stereocenters. The van der Waals surface area contributed by atoms with Crippen molar-refractivity contribution in [3.8, 4) is 6.07 Å². The van der Waals surface area contributed by atoms with Crippen LogP contribution in [0.2, 0.25) is 0 Å². The van der Waals surface area contributed by atoms with E-state index in [1.165, 1.54) is 5.01 Å². The minimum absolute atomic E-state index is 0.172. The molecule has 1 amide bonds. The van der Waals surface area contributed by atoms with Crippen molar-refractivity contribution in [1.29, 1.82) is 5.26 Å². The average molecular weight is 251 g/mol. The molecule has 0 saturated carbocycles. The Hall–Kier alpha value is -2.80. The molecule has 0 aliphatic carbocycles.